The Labute approximate surface area is 290 Å². The highest BCUT2D eigenvalue weighted by Crippen LogP contribution is 2.47. The molecule has 0 spiro atoms. The summed E-state index contributed by atoms with van der Waals surface area (Å²) in [5.41, 5.74) is -1.57. The number of nitrogens with one attached hydrogen (secondary N) is 3. The zero-order chi connectivity index (χ0) is 35.8. The van der Waals surface area contributed by atoms with E-state index in [4.69, 9.17) is 9.47 Å². The predicted octanol–water partition coefficient (Wildman–Crippen LogP) is 1.86. The molecule has 2 aromatic rings. The lowest BCUT2D eigenvalue weighted by Crippen LogP contribution is -2.60. The summed E-state index contributed by atoms with van der Waals surface area (Å²) in [4.78, 5) is 57.7. The molecular weight excluding hydrogens is 668 g/mol. The molecule has 16 nitrogen and oxygen atoms in total. The first-order valence-corrected chi connectivity index (χ1v) is 18.6. The number of alkyl carbamates (subject to hydrolysis) is 1. The first kappa shape index (κ1) is 35.3. The van der Waals surface area contributed by atoms with Gasteiger partial charge in [-0.15, -0.1) is 10.2 Å². The summed E-state index contributed by atoms with van der Waals surface area (Å²) in [6, 6.07) is 4.43. The second-order valence-electron chi connectivity index (χ2n) is 14.5. The summed E-state index contributed by atoms with van der Waals surface area (Å²) in [6.45, 7) is 7.56. The molecule has 270 valence electrons. The Balaban J connectivity index is 1.32. The number of carbonyl (C=O) groups excluding carboxylic acids is 4. The molecule has 3 N–H and O–H groups in total. The number of sulfonamides is 1. The number of carbonyl (C=O) groups is 4. The molecule has 2 aliphatic carbocycles. The molecule has 17 heteroatoms. The number of cyclic esters (lactones) is 1. The van der Waals surface area contributed by atoms with Crippen molar-refractivity contribution in [2.24, 2.45) is 11.3 Å². The van der Waals surface area contributed by atoms with Gasteiger partial charge in [0.15, 0.2) is 0 Å². The number of nitrogens with zero attached hydrogens (tertiary/aromatic N) is 5. The number of rotatable bonds is 6. The van der Waals surface area contributed by atoms with Crippen LogP contribution in [0.25, 0.3) is 11.4 Å². The summed E-state index contributed by atoms with van der Waals surface area (Å²) >= 11 is 0. The van der Waals surface area contributed by atoms with Gasteiger partial charge in [-0.05, 0) is 54.4 Å². The van der Waals surface area contributed by atoms with Crippen LogP contribution in [0.3, 0.4) is 0 Å². The fourth-order valence-corrected chi connectivity index (χ4v) is 7.88. The van der Waals surface area contributed by atoms with E-state index in [0.29, 0.717) is 49.4 Å². The van der Waals surface area contributed by atoms with Gasteiger partial charge in [-0.3, -0.25) is 19.1 Å². The summed E-state index contributed by atoms with van der Waals surface area (Å²) in [5.74, 6) is -1.30. The molecule has 0 unspecified atom stereocenters. The lowest BCUT2D eigenvalue weighted by atomic mass is 9.85. The largest absolute Gasteiger partial charge is 0.493 e. The maximum atomic E-state index is 14.4. The highest BCUT2D eigenvalue weighted by atomic mass is 32.2. The van der Waals surface area contributed by atoms with Crippen LogP contribution in [0.15, 0.2) is 36.4 Å². The maximum Gasteiger partial charge on any atom is 0.408 e. The summed E-state index contributed by atoms with van der Waals surface area (Å²) in [5, 5.41) is 18.0. The Morgan fingerprint density at radius 3 is 2.62 bits per heavy atom. The van der Waals surface area contributed by atoms with E-state index in [-0.39, 0.29) is 31.9 Å². The van der Waals surface area contributed by atoms with Gasteiger partial charge in [-0.2, -0.15) is 4.80 Å². The number of hydrogen-bond donors (Lipinski definition) is 3. The lowest BCUT2D eigenvalue weighted by Gasteiger charge is -2.35. The van der Waals surface area contributed by atoms with Crippen LogP contribution in [-0.4, -0.2) is 100.0 Å². The predicted molar refractivity (Wildman–Crippen MR) is 179 cm³/mol. The molecule has 2 saturated carbocycles. The number of ether oxygens (including phenoxy) is 2. The van der Waals surface area contributed by atoms with Crippen molar-refractivity contribution in [2.75, 3.05) is 19.8 Å². The number of hydrogen-bond acceptors (Lipinski definition) is 11. The van der Waals surface area contributed by atoms with E-state index >= 15 is 0 Å². The minimum absolute atomic E-state index is 0.00558. The monoisotopic (exact) mass is 712 g/mol. The standard InChI is InChI=1S/C33H44N8O8S/c1-5-21-18-33(21,30(44)38-50(46,47)24-12-13-24)35-28(42)25-17-22-19-40(25)29(43)26(32(2,3)4)34-31(45)49-15-8-6-7-14-48-23-11-9-10-20(16-23)27-36-39-41(22)37-27/h6,8-11,16,21-22,24-26H,5,7,12-15,17-19H2,1-4H3,(H,34,45)(H,35,42)(H,38,44)/b8-6+/t21-,22-,25+,26-,33-/m1/s1. The highest BCUT2D eigenvalue weighted by Gasteiger charge is 2.62. The molecule has 1 saturated heterocycles. The summed E-state index contributed by atoms with van der Waals surface area (Å²) in [7, 11) is -3.86. The van der Waals surface area contributed by atoms with Gasteiger partial charge in [0.05, 0.1) is 17.9 Å². The third kappa shape index (κ3) is 7.46. The van der Waals surface area contributed by atoms with Crippen molar-refractivity contribution in [3.63, 3.8) is 0 Å². The van der Waals surface area contributed by atoms with E-state index in [1.165, 1.54) is 9.70 Å². The van der Waals surface area contributed by atoms with Crippen molar-refractivity contribution in [1.29, 1.82) is 0 Å². The third-order valence-corrected chi connectivity index (χ3v) is 11.5. The average molecular weight is 713 g/mol. The highest BCUT2D eigenvalue weighted by molar-refractivity contribution is 7.91. The molecule has 0 radical (unpaired) electrons. The quantitative estimate of drug-likeness (QED) is 0.369. The lowest BCUT2D eigenvalue weighted by molar-refractivity contribution is -0.142. The van der Waals surface area contributed by atoms with Gasteiger partial charge >= 0.3 is 6.09 Å². The Kier molecular flexibility index (Phi) is 9.63. The Morgan fingerprint density at radius 1 is 1.14 bits per heavy atom. The van der Waals surface area contributed by atoms with Crippen LogP contribution in [0.4, 0.5) is 4.79 Å². The van der Waals surface area contributed by atoms with Crippen molar-refractivity contribution in [1.82, 2.24) is 40.5 Å². The van der Waals surface area contributed by atoms with Crippen LogP contribution in [-0.2, 0) is 29.1 Å². The normalized spacial score (nSPS) is 28.0. The molecule has 4 amide bonds. The van der Waals surface area contributed by atoms with Crippen LogP contribution in [0.2, 0.25) is 0 Å². The van der Waals surface area contributed by atoms with Gasteiger partial charge in [-0.25, -0.2) is 13.2 Å². The van der Waals surface area contributed by atoms with E-state index in [1.807, 2.05) is 31.2 Å². The minimum atomic E-state index is -3.86. The molecule has 3 heterocycles. The van der Waals surface area contributed by atoms with Crippen molar-refractivity contribution in [3.8, 4) is 17.1 Å². The van der Waals surface area contributed by atoms with E-state index < -0.39 is 68.2 Å². The van der Waals surface area contributed by atoms with Crippen molar-refractivity contribution < 1.29 is 37.1 Å². The smallest absolute Gasteiger partial charge is 0.408 e. The van der Waals surface area contributed by atoms with Crippen LogP contribution >= 0.6 is 0 Å². The first-order chi connectivity index (χ1) is 23.7. The summed E-state index contributed by atoms with van der Waals surface area (Å²) in [6.07, 6.45) is 5.06. The number of benzene rings is 1. The topological polar surface area (TPSA) is 204 Å². The van der Waals surface area contributed by atoms with Gasteiger partial charge in [0.2, 0.25) is 27.7 Å². The van der Waals surface area contributed by atoms with Gasteiger partial charge in [-0.1, -0.05) is 58.4 Å². The van der Waals surface area contributed by atoms with Gasteiger partial charge in [0.25, 0.3) is 5.91 Å². The molecule has 3 fully saturated rings. The van der Waals surface area contributed by atoms with Gasteiger partial charge < -0.3 is 25.0 Å². The first-order valence-electron chi connectivity index (χ1n) is 17.0. The Morgan fingerprint density at radius 2 is 1.92 bits per heavy atom. The fraction of sp³-hybridized carbons (Fsp3) is 0.606. The average Bonchev–Trinajstić information content (AvgIpc) is 3.94. The number of fused-ring (bicyclic) bond motifs is 8. The zero-order valence-electron chi connectivity index (χ0n) is 28.6. The number of aromatic nitrogens is 4. The molecular formula is C33H44N8O8S. The summed E-state index contributed by atoms with van der Waals surface area (Å²) < 4.78 is 38.7. The van der Waals surface area contributed by atoms with Crippen molar-refractivity contribution in [3.05, 3.63) is 36.4 Å². The minimum Gasteiger partial charge on any atom is -0.493 e. The SMILES string of the molecule is CC[C@@H]1C[C@]1(NC(=O)[C@@H]1C[C@@H]2CN1C(=O)[C@H](C(C)(C)C)NC(=O)OC/C=C/CCOc1cccc(c1)-c1nnn2n1)C(=O)NS(=O)(=O)C1CC1. The molecule has 4 aliphatic rings. The van der Waals surface area contributed by atoms with E-state index in [2.05, 4.69) is 30.8 Å². The second-order valence-corrected chi connectivity index (χ2v) is 16.4. The fourth-order valence-electron chi connectivity index (χ4n) is 6.52. The van der Waals surface area contributed by atoms with Crippen molar-refractivity contribution >= 4 is 33.8 Å². The zero-order valence-corrected chi connectivity index (χ0v) is 29.4. The van der Waals surface area contributed by atoms with Gasteiger partial charge in [0, 0.05) is 18.5 Å². The Bertz CT molecular complexity index is 1780. The molecule has 1 aromatic heterocycles. The van der Waals surface area contributed by atoms with Crippen LogP contribution < -0.4 is 20.1 Å². The Hall–Kier alpha value is -4.54. The number of tetrazole rings is 1. The molecule has 1 aromatic carbocycles. The molecule has 6 rings (SSSR count). The van der Waals surface area contributed by atoms with E-state index in [0.717, 1.165) is 0 Å². The van der Waals surface area contributed by atoms with E-state index in [1.54, 1.807) is 32.9 Å². The van der Waals surface area contributed by atoms with Gasteiger partial charge in [0.1, 0.15) is 30.0 Å². The second kappa shape index (κ2) is 13.6. The van der Waals surface area contributed by atoms with Crippen LogP contribution in [0, 0.1) is 11.3 Å². The van der Waals surface area contributed by atoms with Crippen LogP contribution in [0.1, 0.15) is 72.3 Å². The van der Waals surface area contributed by atoms with E-state index in [9.17, 15) is 27.6 Å². The molecule has 6 bridgehead atoms. The number of amides is 4. The molecule has 5 atom stereocenters. The third-order valence-electron chi connectivity index (χ3n) is 9.67. The maximum absolute atomic E-state index is 14.4. The molecule has 50 heavy (non-hydrogen) atoms. The molecule has 2 aliphatic heterocycles. The van der Waals surface area contributed by atoms with Crippen molar-refractivity contribution in [2.45, 2.75) is 95.1 Å². The van der Waals surface area contributed by atoms with Crippen LogP contribution in [0.5, 0.6) is 5.75 Å².